The van der Waals surface area contributed by atoms with Crippen LogP contribution in [0.1, 0.15) is 31.9 Å². The van der Waals surface area contributed by atoms with E-state index in [1.54, 1.807) is 0 Å². The molecule has 1 aliphatic rings. The van der Waals surface area contributed by atoms with Crippen LogP contribution < -0.4 is 5.32 Å². The minimum absolute atomic E-state index is 0.650. The van der Waals surface area contributed by atoms with Gasteiger partial charge in [-0.3, -0.25) is 9.88 Å². The van der Waals surface area contributed by atoms with E-state index in [1.807, 2.05) is 12.3 Å². The van der Waals surface area contributed by atoms with Crippen molar-refractivity contribution in [3.63, 3.8) is 0 Å². The second-order valence-electron chi connectivity index (χ2n) is 5.47. The number of piperidine rings is 1. The first-order chi connectivity index (χ1) is 8.78. The summed E-state index contributed by atoms with van der Waals surface area (Å²) in [5.74, 6) is 0.916. The molecule has 18 heavy (non-hydrogen) atoms. The zero-order valence-corrected chi connectivity index (χ0v) is 11.6. The Hall–Kier alpha value is -0.930. The van der Waals surface area contributed by atoms with Crippen molar-refractivity contribution < 1.29 is 0 Å². The summed E-state index contributed by atoms with van der Waals surface area (Å²) in [7, 11) is 2.19. The van der Waals surface area contributed by atoms with Gasteiger partial charge in [0.1, 0.15) is 0 Å². The second kappa shape index (κ2) is 6.86. The van der Waals surface area contributed by atoms with E-state index < -0.39 is 0 Å². The summed E-state index contributed by atoms with van der Waals surface area (Å²) in [5, 5.41) is 3.64. The van der Waals surface area contributed by atoms with Gasteiger partial charge in [-0.2, -0.15) is 0 Å². The van der Waals surface area contributed by atoms with E-state index in [2.05, 4.69) is 41.3 Å². The van der Waals surface area contributed by atoms with Crippen LogP contribution in [0.3, 0.4) is 0 Å². The van der Waals surface area contributed by atoms with Crippen LogP contribution in [-0.4, -0.2) is 36.1 Å². The fourth-order valence-corrected chi connectivity index (χ4v) is 2.81. The quantitative estimate of drug-likeness (QED) is 0.865. The average molecular weight is 247 g/mol. The largest absolute Gasteiger partial charge is 0.313 e. The van der Waals surface area contributed by atoms with Crippen molar-refractivity contribution in [1.82, 2.24) is 15.2 Å². The Morgan fingerprint density at radius 2 is 2.33 bits per heavy atom. The van der Waals surface area contributed by atoms with Gasteiger partial charge in [0.05, 0.1) is 5.69 Å². The molecule has 3 nitrogen and oxygen atoms in total. The van der Waals surface area contributed by atoms with Gasteiger partial charge in [-0.05, 0) is 44.5 Å². The molecular weight excluding hydrogens is 222 g/mol. The summed E-state index contributed by atoms with van der Waals surface area (Å²) in [6.45, 7) is 5.55. The van der Waals surface area contributed by atoms with Crippen molar-refractivity contribution in [2.75, 3.05) is 20.1 Å². The lowest BCUT2D eigenvalue weighted by molar-refractivity contribution is 0.219. The summed E-state index contributed by atoms with van der Waals surface area (Å²) >= 11 is 0. The van der Waals surface area contributed by atoms with Crippen LogP contribution in [0.4, 0.5) is 0 Å². The Morgan fingerprint density at radius 3 is 3.06 bits per heavy atom. The van der Waals surface area contributed by atoms with Gasteiger partial charge < -0.3 is 5.32 Å². The SMILES string of the molecule is CCC1CCNC(CN(C)Cc2ccccn2)C1. The van der Waals surface area contributed by atoms with Crippen molar-refractivity contribution in [3.8, 4) is 0 Å². The molecule has 1 N–H and O–H groups in total. The normalized spacial score (nSPS) is 24.4. The van der Waals surface area contributed by atoms with Crippen molar-refractivity contribution in [2.24, 2.45) is 5.92 Å². The van der Waals surface area contributed by atoms with Crippen molar-refractivity contribution >= 4 is 0 Å². The van der Waals surface area contributed by atoms with Crippen molar-refractivity contribution in [2.45, 2.75) is 38.8 Å². The van der Waals surface area contributed by atoms with Gasteiger partial charge >= 0.3 is 0 Å². The lowest BCUT2D eigenvalue weighted by Gasteiger charge is -2.32. The second-order valence-corrected chi connectivity index (χ2v) is 5.47. The van der Waals surface area contributed by atoms with E-state index >= 15 is 0 Å². The molecule has 1 aromatic heterocycles. The number of hydrogen-bond acceptors (Lipinski definition) is 3. The number of hydrogen-bond donors (Lipinski definition) is 1. The van der Waals surface area contributed by atoms with E-state index in [0.717, 1.165) is 24.7 Å². The summed E-state index contributed by atoms with van der Waals surface area (Å²) in [6, 6.07) is 6.78. The van der Waals surface area contributed by atoms with Gasteiger partial charge in [0, 0.05) is 25.3 Å². The van der Waals surface area contributed by atoms with Crippen LogP contribution in [0.15, 0.2) is 24.4 Å². The molecule has 100 valence electrons. The third-order valence-electron chi connectivity index (χ3n) is 3.87. The maximum atomic E-state index is 4.38. The zero-order valence-electron chi connectivity index (χ0n) is 11.6. The first-order valence-corrected chi connectivity index (χ1v) is 7.09. The minimum Gasteiger partial charge on any atom is -0.313 e. The molecule has 0 spiro atoms. The predicted octanol–water partition coefficient (Wildman–Crippen LogP) is 2.29. The lowest BCUT2D eigenvalue weighted by Crippen LogP contribution is -2.44. The van der Waals surface area contributed by atoms with Crippen LogP contribution in [0, 0.1) is 5.92 Å². The van der Waals surface area contributed by atoms with Gasteiger partial charge in [0.25, 0.3) is 0 Å². The molecule has 2 rings (SSSR count). The molecule has 0 amide bonds. The molecule has 0 aliphatic carbocycles. The molecule has 0 saturated carbocycles. The number of likely N-dealkylation sites (N-methyl/N-ethyl adjacent to an activating group) is 1. The lowest BCUT2D eigenvalue weighted by atomic mass is 9.90. The molecule has 2 heterocycles. The monoisotopic (exact) mass is 247 g/mol. The van der Waals surface area contributed by atoms with E-state index in [1.165, 1.54) is 25.8 Å². The van der Waals surface area contributed by atoms with Crippen LogP contribution in [-0.2, 0) is 6.54 Å². The Morgan fingerprint density at radius 1 is 1.44 bits per heavy atom. The highest BCUT2D eigenvalue weighted by Crippen LogP contribution is 2.19. The van der Waals surface area contributed by atoms with E-state index in [9.17, 15) is 0 Å². The Labute approximate surface area is 111 Å². The number of pyridine rings is 1. The molecule has 1 aromatic rings. The van der Waals surface area contributed by atoms with Crippen molar-refractivity contribution in [3.05, 3.63) is 30.1 Å². The van der Waals surface area contributed by atoms with Crippen LogP contribution in [0.25, 0.3) is 0 Å². The maximum Gasteiger partial charge on any atom is 0.0543 e. The highest BCUT2D eigenvalue weighted by Gasteiger charge is 2.21. The van der Waals surface area contributed by atoms with Crippen LogP contribution in [0.5, 0.6) is 0 Å². The molecule has 0 bridgehead atoms. The zero-order chi connectivity index (χ0) is 12.8. The summed E-state index contributed by atoms with van der Waals surface area (Å²) in [6.07, 6.45) is 5.86. The van der Waals surface area contributed by atoms with E-state index in [0.29, 0.717) is 6.04 Å². The Bertz CT molecular complexity index is 339. The molecule has 2 unspecified atom stereocenters. The Kier molecular flexibility index (Phi) is 5.14. The average Bonchev–Trinajstić information content (AvgIpc) is 2.40. The fraction of sp³-hybridized carbons (Fsp3) is 0.667. The first-order valence-electron chi connectivity index (χ1n) is 7.09. The van der Waals surface area contributed by atoms with E-state index in [-0.39, 0.29) is 0 Å². The molecule has 0 aromatic carbocycles. The number of aromatic nitrogens is 1. The minimum atomic E-state index is 0.650. The highest BCUT2D eigenvalue weighted by molar-refractivity contribution is 5.03. The van der Waals surface area contributed by atoms with Crippen molar-refractivity contribution in [1.29, 1.82) is 0 Å². The summed E-state index contributed by atoms with van der Waals surface area (Å²) < 4.78 is 0. The highest BCUT2D eigenvalue weighted by atomic mass is 15.1. The molecular formula is C15H25N3. The molecule has 3 heteroatoms. The number of rotatable bonds is 5. The van der Waals surface area contributed by atoms with E-state index in [4.69, 9.17) is 0 Å². The third-order valence-corrected chi connectivity index (χ3v) is 3.87. The standard InChI is InChI=1S/C15H25N3/c1-3-13-7-9-17-15(10-13)12-18(2)11-14-6-4-5-8-16-14/h4-6,8,13,15,17H,3,7,9-12H2,1-2H3. The fourth-order valence-electron chi connectivity index (χ4n) is 2.81. The molecule has 1 fully saturated rings. The summed E-state index contributed by atoms with van der Waals surface area (Å²) in [4.78, 5) is 6.75. The number of nitrogens with zero attached hydrogens (tertiary/aromatic N) is 2. The molecule has 0 radical (unpaired) electrons. The smallest absolute Gasteiger partial charge is 0.0543 e. The first kappa shape index (κ1) is 13.5. The van der Waals surface area contributed by atoms with Gasteiger partial charge in [0.15, 0.2) is 0 Å². The predicted molar refractivity (Wildman–Crippen MR) is 75.4 cm³/mol. The van der Waals surface area contributed by atoms with Gasteiger partial charge in [0.2, 0.25) is 0 Å². The molecule has 1 saturated heterocycles. The van der Waals surface area contributed by atoms with Gasteiger partial charge in [-0.25, -0.2) is 0 Å². The third kappa shape index (κ3) is 4.07. The van der Waals surface area contributed by atoms with Crippen LogP contribution >= 0.6 is 0 Å². The number of nitrogens with one attached hydrogen (secondary N) is 1. The van der Waals surface area contributed by atoms with Gasteiger partial charge in [-0.1, -0.05) is 19.4 Å². The Balaban J connectivity index is 1.78. The molecule has 2 atom stereocenters. The summed E-state index contributed by atoms with van der Waals surface area (Å²) in [5.41, 5.74) is 1.16. The molecule has 1 aliphatic heterocycles. The van der Waals surface area contributed by atoms with Gasteiger partial charge in [-0.15, -0.1) is 0 Å². The van der Waals surface area contributed by atoms with Crippen LogP contribution in [0.2, 0.25) is 0 Å². The maximum absolute atomic E-state index is 4.38. The topological polar surface area (TPSA) is 28.2 Å².